The van der Waals surface area contributed by atoms with Gasteiger partial charge in [-0.25, -0.2) is 0 Å². The maximum atomic E-state index is 13.8. The number of benzene rings is 1. The molecule has 4 rings (SSSR count). The molecule has 1 fully saturated rings. The van der Waals surface area contributed by atoms with Crippen LogP contribution in [0, 0.1) is 0 Å². The maximum absolute atomic E-state index is 13.8. The normalized spacial score (nSPS) is 19.9. The molecule has 0 amide bonds. The maximum Gasteiger partial charge on any atom is 0.414 e. The Labute approximate surface area is 168 Å². The molecule has 1 atom stereocenters. The van der Waals surface area contributed by atoms with Crippen LogP contribution >= 0.6 is 0 Å². The van der Waals surface area contributed by atoms with Crippen LogP contribution in [0.4, 0.5) is 13.2 Å². The van der Waals surface area contributed by atoms with Gasteiger partial charge in [0.2, 0.25) is 0 Å². The molecule has 3 heterocycles. The number of aryl methyl sites for hydroxylation is 1. The minimum Gasteiger partial charge on any atom is -0.497 e. The first kappa shape index (κ1) is 20.1. The van der Waals surface area contributed by atoms with E-state index in [0.29, 0.717) is 17.9 Å². The Morgan fingerprint density at radius 3 is 2.66 bits per heavy atom. The number of rotatable bonds is 6. The van der Waals surface area contributed by atoms with E-state index in [2.05, 4.69) is 10.2 Å². The Morgan fingerprint density at radius 1 is 1.17 bits per heavy atom. The number of ether oxygens (including phenoxy) is 2. The lowest BCUT2D eigenvalue weighted by Gasteiger charge is -2.27. The number of alkyl halides is 3. The van der Waals surface area contributed by atoms with Gasteiger partial charge in [-0.15, -0.1) is 0 Å². The Balaban J connectivity index is 1.62. The molecule has 1 saturated heterocycles. The van der Waals surface area contributed by atoms with Crippen LogP contribution < -0.4 is 10.1 Å². The van der Waals surface area contributed by atoms with Crippen molar-refractivity contribution in [2.75, 3.05) is 40.0 Å². The summed E-state index contributed by atoms with van der Waals surface area (Å²) in [5.41, 5.74) is 1.70. The summed E-state index contributed by atoms with van der Waals surface area (Å²) in [6.45, 7) is 4.82. The second kappa shape index (κ2) is 8.28. The summed E-state index contributed by atoms with van der Waals surface area (Å²) in [4.78, 5) is 2.35. The van der Waals surface area contributed by atoms with E-state index in [1.165, 1.54) is 6.20 Å². The van der Waals surface area contributed by atoms with E-state index in [1.54, 1.807) is 19.3 Å². The zero-order valence-corrected chi connectivity index (χ0v) is 16.5. The molecule has 2 aliphatic rings. The van der Waals surface area contributed by atoms with Crippen LogP contribution in [-0.2, 0) is 11.3 Å². The number of unbranched alkanes of at least 4 members (excludes halogenated alkanes) is 1. The van der Waals surface area contributed by atoms with Crippen molar-refractivity contribution in [3.8, 4) is 5.75 Å². The minimum absolute atomic E-state index is 0.287. The van der Waals surface area contributed by atoms with Crippen LogP contribution in [0.5, 0.6) is 5.75 Å². The number of methoxy groups -OCH3 is 1. The number of morpholine rings is 1. The highest BCUT2D eigenvalue weighted by Crippen LogP contribution is 2.42. The largest absolute Gasteiger partial charge is 0.497 e. The van der Waals surface area contributed by atoms with E-state index in [1.807, 2.05) is 16.7 Å². The van der Waals surface area contributed by atoms with E-state index < -0.39 is 12.2 Å². The van der Waals surface area contributed by atoms with Gasteiger partial charge in [-0.2, -0.15) is 13.2 Å². The molecule has 8 heteroatoms. The number of aromatic nitrogens is 1. The fraction of sp³-hybridized carbons (Fsp3) is 0.524. The van der Waals surface area contributed by atoms with Gasteiger partial charge in [0.1, 0.15) is 5.75 Å². The third-order valence-electron chi connectivity index (χ3n) is 5.68. The van der Waals surface area contributed by atoms with Crippen molar-refractivity contribution in [2.45, 2.75) is 31.6 Å². The zero-order valence-electron chi connectivity index (χ0n) is 16.5. The monoisotopic (exact) mass is 409 g/mol. The van der Waals surface area contributed by atoms with Crippen molar-refractivity contribution in [2.24, 2.45) is 0 Å². The number of nitrogens with zero attached hydrogens (tertiary/aromatic N) is 2. The third kappa shape index (κ3) is 4.09. The molecule has 2 aromatic rings. The number of hydrogen-bond donors (Lipinski definition) is 1. The average molecular weight is 409 g/mol. The second-order valence-electron chi connectivity index (χ2n) is 7.47. The first-order valence-corrected chi connectivity index (χ1v) is 9.98. The lowest BCUT2D eigenvalue weighted by Crippen LogP contribution is -2.37. The van der Waals surface area contributed by atoms with E-state index in [9.17, 15) is 13.2 Å². The molecule has 5 nitrogen and oxygen atoms in total. The van der Waals surface area contributed by atoms with Gasteiger partial charge < -0.3 is 19.4 Å². The van der Waals surface area contributed by atoms with Gasteiger partial charge in [-0.05, 0) is 43.8 Å². The van der Waals surface area contributed by atoms with Crippen LogP contribution in [0.25, 0.3) is 17.0 Å². The molecule has 29 heavy (non-hydrogen) atoms. The molecule has 1 unspecified atom stereocenters. The molecule has 158 valence electrons. The van der Waals surface area contributed by atoms with E-state index in [4.69, 9.17) is 9.47 Å². The molecular formula is C21H26F3N3O2. The van der Waals surface area contributed by atoms with E-state index in [-0.39, 0.29) is 5.69 Å². The molecule has 0 aliphatic carbocycles. The van der Waals surface area contributed by atoms with Crippen molar-refractivity contribution in [3.63, 3.8) is 0 Å². The lowest BCUT2D eigenvalue weighted by atomic mass is 10.0. The summed E-state index contributed by atoms with van der Waals surface area (Å²) < 4.78 is 53.8. The van der Waals surface area contributed by atoms with Crippen molar-refractivity contribution in [1.82, 2.24) is 14.8 Å². The van der Waals surface area contributed by atoms with Crippen LogP contribution in [0.2, 0.25) is 0 Å². The van der Waals surface area contributed by atoms with Gasteiger partial charge in [-0.3, -0.25) is 4.90 Å². The highest BCUT2D eigenvalue weighted by molar-refractivity contribution is 5.93. The SMILES string of the molecule is COc1ccc2c3c(n(CCCCN4CCOCC4)c2c1)C(C(F)(F)F)NC=C3. The van der Waals surface area contributed by atoms with Gasteiger partial charge >= 0.3 is 6.18 Å². The lowest BCUT2D eigenvalue weighted by molar-refractivity contribution is -0.156. The summed E-state index contributed by atoms with van der Waals surface area (Å²) in [6.07, 6.45) is 0.491. The highest BCUT2D eigenvalue weighted by atomic mass is 19.4. The number of fused-ring (bicyclic) bond motifs is 3. The Hall–Kier alpha value is -2.19. The van der Waals surface area contributed by atoms with Crippen LogP contribution in [-0.4, -0.2) is 55.6 Å². The standard InChI is InChI=1S/C21H26F3N3O2/c1-28-15-4-5-16-17-6-7-25-20(21(22,23)24)19(17)27(18(16)14-15)9-3-2-8-26-10-12-29-13-11-26/h4-7,14,20,25H,2-3,8-13H2,1H3. The summed E-state index contributed by atoms with van der Waals surface area (Å²) in [7, 11) is 1.57. The summed E-state index contributed by atoms with van der Waals surface area (Å²) in [6, 6.07) is 3.77. The van der Waals surface area contributed by atoms with Crippen molar-refractivity contribution >= 4 is 17.0 Å². The Morgan fingerprint density at radius 2 is 1.93 bits per heavy atom. The third-order valence-corrected chi connectivity index (χ3v) is 5.68. The highest BCUT2D eigenvalue weighted by Gasteiger charge is 2.44. The molecule has 1 N–H and O–H groups in total. The molecule has 1 aromatic carbocycles. The molecule has 0 saturated carbocycles. The van der Waals surface area contributed by atoms with Crippen LogP contribution in [0.3, 0.4) is 0 Å². The number of hydrogen-bond acceptors (Lipinski definition) is 4. The molecule has 0 radical (unpaired) electrons. The van der Waals surface area contributed by atoms with Gasteiger partial charge in [0.05, 0.1) is 31.5 Å². The van der Waals surface area contributed by atoms with Gasteiger partial charge in [0.15, 0.2) is 6.04 Å². The molecular weight excluding hydrogens is 383 g/mol. The van der Waals surface area contributed by atoms with Gasteiger partial charge in [0.25, 0.3) is 0 Å². The fourth-order valence-electron chi connectivity index (χ4n) is 4.22. The van der Waals surface area contributed by atoms with Crippen LogP contribution in [0.15, 0.2) is 24.4 Å². The quantitative estimate of drug-likeness (QED) is 0.734. The first-order valence-electron chi connectivity index (χ1n) is 9.98. The van der Waals surface area contributed by atoms with Gasteiger partial charge in [-0.1, -0.05) is 0 Å². The van der Waals surface area contributed by atoms with Crippen molar-refractivity contribution in [1.29, 1.82) is 0 Å². The summed E-state index contributed by atoms with van der Waals surface area (Å²) in [5.74, 6) is 0.641. The van der Waals surface area contributed by atoms with Crippen LogP contribution in [0.1, 0.15) is 30.1 Å². The van der Waals surface area contributed by atoms with E-state index in [0.717, 1.165) is 56.6 Å². The average Bonchev–Trinajstić information content (AvgIpc) is 3.04. The smallest absolute Gasteiger partial charge is 0.414 e. The summed E-state index contributed by atoms with van der Waals surface area (Å²) in [5, 5.41) is 3.33. The number of halogens is 3. The van der Waals surface area contributed by atoms with Crippen molar-refractivity contribution < 1.29 is 22.6 Å². The molecule has 1 aromatic heterocycles. The van der Waals surface area contributed by atoms with Crippen molar-refractivity contribution in [3.05, 3.63) is 35.7 Å². The van der Waals surface area contributed by atoms with Gasteiger partial charge in [0, 0.05) is 36.7 Å². The Kier molecular flexibility index (Phi) is 5.74. The predicted molar refractivity (Wildman–Crippen MR) is 106 cm³/mol. The minimum atomic E-state index is -4.37. The van der Waals surface area contributed by atoms with E-state index >= 15 is 0 Å². The Bertz CT molecular complexity index is 885. The number of nitrogens with one attached hydrogen (secondary N) is 1. The molecule has 0 spiro atoms. The first-order chi connectivity index (χ1) is 14.0. The summed E-state index contributed by atoms with van der Waals surface area (Å²) >= 11 is 0. The predicted octanol–water partition coefficient (Wildman–Crippen LogP) is 3.94. The zero-order chi connectivity index (χ0) is 20.4. The topological polar surface area (TPSA) is 38.7 Å². The second-order valence-corrected chi connectivity index (χ2v) is 7.47. The fourth-order valence-corrected chi connectivity index (χ4v) is 4.22. The molecule has 0 bridgehead atoms. The molecule has 2 aliphatic heterocycles.